The number of ether oxygens (including phenoxy) is 1. The number of nitrogens with one attached hydrogen (secondary N) is 1. The van der Waals surface area contributed by atoms with E-state index >= 15 is 0 Å². The van der Waals surface area contributed by atoms with Crippen LogP contribution >= 0.6 is 11.6 Å². The van der Waals surface area contributed by atoms with Crippen molar-refractivity contribution in [2.75, 3.05) is 31.5 Å². The fourth-order valence-electron chi connectivity index (χ4n) is 4.58. The predicted molar refractivity (Wildman–Crippen MR) is 157 cm³/mol. The SMILES string of the molecule is C[C@H](CO)N1C[C@H](C)[C@@H](CN(C)S(=O)(=O)c2ccc(Cl)cc2)Oc2ccc(NS(=O)(=O)c3cn(C)cn3)cc2CC1=O. The van der Waals surface area contributed by atoms with Gasteiger partial charge in [0, 0.05) is 49.0 Å². The van der Waals surface area contributed by atoms with Crippen LogP contribution in [-0.2, 0) is 38.3 Å². The summed E-state index contributed by atoms with van der Waals surface area (Å²) in [4.78, 5) is 18.9. The molecule has 0 saturated carbocycles. The third-order valence-electron chi connectivity index (χ3n) is 7.08. The van der Waals surface area contributed by atoms with Gasteiger partial charge in [0.15, 0.2) is 5.03 Å². The number of likely N-dealkylation sites (N-methyl/N-ethyl adjacent to an activating group) is 1. The molecule has 15 heteroatoms. The minimum absolute atomic E-state index is 0.0465. The number of nitrogens with zero attached hydrogens (tertiary/aromatic N) is 4. The molecule has 1 aromatic heterocycles. The van der Waals surface area contributed by atoms with E-state index in [0.717, 1.165) is 0 Å². The average molecular weight is 640 g/mol. The Morgan fingerprint density at radius 2 is 1.88 bits per heavy atom. The Hall–Kier alpha value is -3.17. The molecule has 0 radical (unpaired) electrons. The molecule has 12 nitrogen and oxygen atoms in total. The van der Waals surface area contributed by atoms with Crippen molar-refractivity contribution in [1.29, 1.82) is 0 Å². The number of sulfonamides is 2. The van der Waals surface area contributed by atoms with Gasteiger partial charge in [-0.1, -0.05) is 18.5 Å². The Balaban J connectivity index is 1.68. The normalized spacial score (nSPS) is 18.9. The maximum absolute atomic E-state index is 13.4. The number of amides is 1. The van der Waals surface area contributed by atoms with Gasteiger partial charge < -0.3 is 19.3 Å². The highest BCUT2D eigenvalue weighted by atomic mass is 35.5. The lowest BCUT2D eigenvalue weighted by Crippen LogP contribution is -2.48. The maximum Gasteiger partial charge on any atom is 0.280 e. The summed E-state index contributed by atoms with van der Waals surface area (Å²) in [6, 6.07) is 9.90. The van der Waals surface area contributed by atoms with Gasteiger partial charge >= 0.3 is 0 Å². The van der Waals surface area contributed by atoms with Gasteiger partial charge in [0.05, 0.1) is 36.8 Å². The molecule has 1 aliphatic heterocycles. The molecule has 0 saturated heterocycles. The Morgan fingerprint density at radius 1 is 1.19 bits per heavy atom. The molecule has 3 atom stereocenters. The third kappa shape index (κ3) is 7.06. The highest BCUT2D eigenvalue weighted by Gasteiger charge is 2.33. The van der Waals surface area contributed by atoms with E-state index in [1.165, 1.54) is 69.7 Å². The lowest BCUT2D eigenvalue weighted by atomic mass is 10.0. The van der Waals surface area contributed by atoms with E-state index < -0.39 is 32.2 Å². The largest absolute Gasteiger partial charge is 0.488 e. The molecule has 2 heterocycles. The van der Waals surface area contributed by atoms with E-state index in [-0.39, 0.29) is 53.6 Å². The van der Waals surface area contributed by atoms with Crippen molar-refractivity contribution < 1.29 is 31.5 Å². The topological polar surface area (TPSA) is 151 Å². The van der Waals surface area contributed by atoms with Crippen molar-refractivity contribution in [1.82, 2.24) is 18.8 Å². The van der Waals surface area contributed by atoms with Gasteiger partial charge in [-0.25, -0.2) is 13.4 Å². The zero-order valence-corrected chi connectivity index (χ0v) is 26.0. The Kier molecular flexibility index (Phi) is 9.52. The zero-order valence-electron chi connectivity index (χ0n) is 23.6. The number of fused-ring (bicyclic) bond motifs is 1. The van der Waals surface area contributed by atoms with E-state index in [1.54, 1.807) is 20.0 Å². The quantitative estimate of drug-likeness (QED) is 0.362. The van der Waals surface area contributed by atoms with E-state index in [9.17, 15) is 26.7 Å². The van der Waals surface area contributed by atoms with Crippen molar-refractivity contribution in [3.05, 3.63) is 65.6 Å². The van der Waals surface area contributed by atoms with Crippen molar-refractivity contribution >= 4 is 43.2 Å². The molecule has 2 aromatic carbocycles. The lowest BCUT2D eigenvalue weighted by molar-refractivity contribution is -0.134. The molecule has 3 aromatic rings. The summed E-state index contributed by atoms with van der Waals surface area (Å²) in [6.07, 6.45) is 1.90. The number of carbonyl (C=O) groups is 1. The average Bonchev–Trinajstić information content (AvgIpc) is 3.40. The van der Waals surface area contributed by atoms with Gasteiger partial charge in [-0.3, -0.25) is 9.52 Å². The first-order chi connectivity index (χ1) is 19.7. The maximum atomic E-state index is 13.4. The predicted octanol–water partition coefficient (Wildman–Crippen LogP) is 2.34. The van der Waals surface area contributed by atoms with Crippen LogP contribution in [0.25, 0.3) is 0 Å². The smallest absolute Gasteiger partial charge is 0.280 e. The summed E-state index contributed by atoms with van der Waals surface area (Å²) in [5.41, 5.74) is 0.600. The van der Waals surface area contributed by atoms with E-state index in [2.05, 4.69) is 9.71 Å². The van der Waals surface area contributed by atoms with Crippen molar-refractivity contribution in [3.63, 3.8) is 0 Å². The number of imidazole rings is 1. The monoisotopic (exact) mass is 639 g/mol. The number of anilines is 1. The van der Waals surface area contributed by atoms with Crippen molar-refractivity contribution in [2.45, 2.75) is 42.3 Å². The van der Waals surface area contributed by atoms with E-state index in [0.29, 0.717) is 16.3 Å². The van der Waals surface area contributed by atoms with Gasteiger partial charge in [-0.05, 0) is 49.4 Å². The number of aliphatic hydroxyl groups excluding tert-OH is 1. The summed E-state index contributed by atoms with van der Waals surface area (Å²) in [6.45, 7) is 3.44. The minimum atomic E-state index is -4.00. The van der Waals surface area contributed by atoms with Crippen LogP contribution in [0.2, 0.25) is 5.02 Å². The van der Waals surface area contributed by atoms with Crippen LogP contribution in [0, 0.1) is 5.92 Å². The number of aryl methyl sites for hydroxylation is 1. The Bertz CT molecular complexity index is 1650. The molecule has 4 rings (SSSR count). The first-order valence-corrected chi connectivity index (χ1v) is 16.4. The van der Waals surface area contributed by atoms with Gasteiger partial charge in [-0.15, -0.1) is 0 Å². The fraction of sp³-hybridized carbons (Fsp3) is 0.407. The summed E-state index contributed by atoms with van der Waals surface area (Å²) in [7, 11) is -4.79. The number of carbonyl (C=O) groups excluding carboxylic acids is 1. The number of rotatable bonds is 9. The molecular formula is C27H34ClN5O7S2. The number of hydrogen-bond donors (Lipinski definition) is 2. The highest BCUT2D eigenvalue weighted by Crippen LogP contribution is 2.30. The van der Waals surface area contributed by atoms with Gasteiger partial charge in [0.25, 0.3) is 10.0 Å². The molecule has 42 heavy (non-hydrogen) atoms. The molecule has 1 aliphatic rings. The Labute approximate surface area is 251 Å². The molecule has 0 unspecified atom stereocenters. The first kappa shape index (κ1) is 31.8. The highest BCUT2D eigenvalue weighted by molar-refractivity contribution is 7.92. The van der Waals surface area contributed by atoms with Crippen LogP contribution in [0.15, 0.2) is 64.9 Å². The number of aliphatic hydroxyl groups is 1. The van der Waals surface area contributed by atoms with Crippen LogP contribution < -0.4 is 9.46 Å². The Morgan fingerprint density at radius 3 is 2.50 bits per heavy atom. The second kappa shape index (κ2) is 12.6. The summed E-state index contributed by atoms with van der Waals surface area (Å²) < 4.78 is 63.9. The van der Waals surface area contributed by atoms with Crippen LogP contribution in [0.1, 0.15) is 19.4 Å². The van der Waals surface area contributed by atoms with Crippen LogP contribution in [-0.4, -0.2) is 85.5 Å². The summed E-state index contributed by atoms with van der Waals surface area (Å²) in [5.74, 6) is -0.323. The zero-order chi connectivity index (χ0) is 30.8. The molecule has 0 spiro atoms. The van der Waals surface area contributed by atoms with Crippen molar-refractivity contribution in [2.24, 2.45) is 13.0 Å². The van der Waals surface area contributed by atoms with Crippen LogP contribution in [0.5, 0.6) is 5.75 Å². The first-order valence-electron chi connectivity index (χ1n) is 13.1. The molecular weight excluding hydrogens is 606 g/mol. The lowest BCUT2D eigenvalue weighted by Gasteiger charge is -2.33. The second-order valence-corrected chi connectivity index (χ2v) is 14.5. The summed E-state index contributed by atoms with van der Waals surface area (Å²) in [5, 5.41) is 10.1. The van der Waals surface area contributed by atoms with Crippen LogP contribution in [0.3, 0.4) is 0 Å². The minimum Gasteiger partial charge on any atom is -0.488 e. The molecule has 0 bridgehead atoms. The summed E-state index contributed by atoms with van der Waals surface area (Å²) >= 11 is 5.93. The molecule has 1 amide bonds. The van der Waals surface area contributed by atoms with Crippen molar-refractivity contribution in [3.8, 4) is 5.75 Å². The van der Waals surface area contributed by atoms with Gasteiger partial charge in [0.1, 0.15) is 11.9 Å². The number of hydrogen-bond acceptors (Lipinski definition) is 8. The van der Waals surface area contributed by atoms with E-state index in [4.69, 9.17) is 16.3 Å². The number of halogens is 1. The standard InChI is InChI=1S/C27H34ClN5O7S2/c1-18-13-33(19(2)16-34)27(35)12-20-11-22(30-41(36,37)26-15-31(3)17-29-26)7-10-24(20)40-25(18)14-32(4)42(38,39)23-8-5-21(28)6-9-23/h5-11,15,17-19,25,30,34H,12-14,16H2,1-4H3/t18-,19+,25+/m0/s1. The third-order valence-corrected chi connectivity index (χ3v) is 10.4. The molecule has 228 valence electrons. The molecule has 2 N–H and O–H groups in total. The number of benzene rings is 2. The molecule has 0 aliphatic carbocycles. The van der Waals surface area contributed by atoms with Gasteiger partial charge in [0.2, 0.25) is 15.9 Å². The van der Waals surface area contributed by atoms with Gasteiger partial charge in [-0.2, -0.15) is 12.7 Å². The second-order valence-electron chi connectivity index (χ2n) is 10.4. The van der Waals surface area contributed by atoms with Crippen LogP contribution in [0.4, 0.5) is 5.69 Å². The number of aromatic nitrogens is 2. The fourth-order valence-corrected chi connectivity index (χ4v) is 6.93. The molecule has 0 fully saturated rings. The van der Waals surface area contributed by atoms with E-state index in [1.807, 2.05) is 6.92 Å².